The average molecular weight is 232 g/mol. The van der Waals surface area contributed by atoms with Crippen LogP contribution in [-0.4, -0.2) is 30.5 Å². The van der Waals surface area contributed by atoms with E-state index in [-0.39, 0.29) is 11.9 Å². The predicted molar refractivity (Wildman–Crippen MR) is 68.1 cm³/mol. The Balaban J connectivity index is 3.60. The van der Waals surface area contributed by atoms with E-state index in [4.69, 9.17) is 5.73 Å². The quantitative estimate of drug-likeness (QED) is 0.596. The highest BCUT2D eigenvalue weighted by Gasteiger charge is 2.09. The molecule has 1 atom stereocenters. The molecule has 0 bridgehead atoms. The first-order chi connectivity index (χ1) is 7.24. The van der Waals surface area contributed by atoms with Crippen LogP contribution in [0.1, 0.15) is 39.0 Å². The molecule has 3 N–H and O–H groups in total. The van der Waals surface area contributed by atoms with Crippen molar-refractivity contribution in [3.8, 4) is 0 Å². The number of unbranched alkanes of at least 4 members (excludes halogenated alkanes) is 1. The minimum absolute atomic E-state index is 0.149. The SMILES string of the molecule is CCCCC(CN)NC(=O)CCCSC. The summed E-state index contributed by atoms with van der Waals surface area (Å²) in [5, 5.41) is 2.99. The number of carbonyl (C=O) groups excluding carboxylic acids is 1. The van der Waals surface area contributed by atoms with Crippen molar-refractivity contribution in [2.24, 2.45) is 5.73 Å². The van der Waals surface area contributed by atoms with Crippen LogP contribution in [0.3, 0.4) is 0 Å². The summed E-state index contributed by atoms with van der Waals surface area (Å²) >= 11 is 1.78. The molecular formula is C11H24N2OS. The first kappa shape index (κ1) is 14.8. The maximum absolute atomic E-state index is 11.5. The molecule has 3 nitrogen and oxygen atoms in total. The first-order valence-corrected chi connectivity index (χ1v) is 7.12. The molecule has 0 aliphatic carbocycles. The fourth-order valence-corrected chi connectivity index (χ4v) is 1.81. The Morgan fingerprint density at radius 1 is 1.47 bits per heavy atom. The molecule has 0 rings (SSSR count). The van der Waals surface area contributed by atoms with Gasteiger partial charge in [-0.3, -0.25) is 4.79 Å². The second kappa shape index (κ2) is 10.3. The van der Waals surface area contributed by atoms with Crippen LogP contribution in [0.15, 0.2) is 0 Å². The highest BCUT2D eigenvalue weighted by Crippen LogP contribution is 2.02. The van der Waals surface area contributed by atoms with Gasteiger partial charge in [0.25, 0.3) is 0 Å². The van der Waals surface area contributed by atoms with E-state index < -0.39 is 0 Å². The second-order valence-electron chi connectivity index (χ2n) is 3.74. The molecule has 1 unspecified atom stereocenters. The summed E-state index contributed by atoms with van der Waals surface area (Å²) in [5.74, 6) is 1.20. The summed E-state index contributed by atoms with van der Waals surface area (Å²) in [5.41, 5.74) is 5.60. The Kier molecular flexibility index (Phi) is 10.2. The zero-order valence-electron chi connectivity index (χ0n) is 9.92. The van der Waals surface area contributed by atoms with E-state index in [0.29, 0.717) is 13.0 Å². The van der Waals surface area contributed by atoms with Gasteiger partial charge in [0.05, 0.1) is 0 Å². The number of amides is 1. The van der Waals surface area contributed by atoms with Gasteiger partial charge < -0.3 is 11.1 Å². The molecule has 0 saturated heterocycles. The summed E-state index contributed by atoms with van der Waals surface area (Å²) in [6.45, 7) is 2.70. The highest BCUT2D eigenvalue weighted by molar-refractivity contribution is 7.98. The van der Waals surface area contributed by atoms with Gasteiger partial charge in [0, 0.05) is 19.0 Å². The van der Waals surface area contributed by atoms with Gasteiger partial charge in [0.2, 0.25) is 5.91 Å². The minimum Gasteiger partial charge on any atom is -0.352 e. The average Bonchev–Trinajstić information content (AvgIpc) is 2.24. The molecule has 0 saturated carbocycles. The van der Waals surface area contributed by atoms with Crippen molar-refractivity contribution < 1.29 is 4.79 Å². The van der Waals surface area contributed by atoms with Crippen LogP contribution >= 0.6 is 11.8 Å². The number of rotatable bonds is 9. The van der Waals surface area contributed by atoms with E-state index in [2.05, 4.69) is 18.5 Å². The Hall–Kier alpha value is -0.220. The minimum atomic E-state index is 0.149. The molecule has 0 aliphatic rings. The van der Waals surface area contributed by atoms with Crippen LogP contribution in [0, 0.1) is 0 Å². The maximum Gasteiger partial charge on any atom is 0.220 e. The van der Waals surface area contributed by atoms with Crippen LogP contribution < -0.4 is 11.1 Å². The summed E-state index contributed by atoms with van der Waals surface area (Å²) in [7, 11) is 0. The third-order valence-corrected chi connectivity index (χ3v) is 3.00. The third kappa shape index (κ3) is 8.75. The summed E-state index contributed by atoms with van der Waals surface area (Å²) in [4.78, 5) is 11.5. The lowest BCUT2D eigenvalue weighted by Gasteiger charge is -2.16. The number of hydrogen-bond donors (Lipinski definition) is 2. The molecule has 15 heavy (non-hydrogen) atoms. The number of thioether (sulfide) groups is 1. The Bertz CT molecular complexity index is 165. The van der Waals surface area contributed by atoms with Gasteiger partial charge in [-0.05, 0) is 24.9 Å². The third-order valence-electron chi connectivity index (χ3n) is 2.31. The van der Waals surface area contributed by atoms with E-state index >= 15 is 0 Å². The van der Waals surface area contributed by atoms with Crippen molar-refractivity contribution in [3.05, 3.63) is 0 Å². The smallest absolute Gasteiger partial charge is 0.220 e. The zero-order valence-corrected chi connectivity index (χ0v) is 10.7. The molecule has 0 fully saturated rings. The summed E-state index contributed by atoms with van der Waals surface area (Å²) < 4.78 is 0. The standard InChI is InChI=1S/C11H24N2OS/c1-3-4-6-10(9-12)13-11(14)7-5-8-15-2/h10H,3-9,12H2,1-2H3,(H,13,14). The van der Waals surface area contributed by atoms with E-state index in [1.165, 1.54) is 0 Å². The summed E-state index contributed by atoms with van der Waals surface area (Å²) in [6.07, 6.45) is 6.93. The Morgan fingerprint density at radius 2 is 2.20 bits per heavy atom. The van der Waals surface area contributed by atoms with E-state index in [0.717, 1.165) is 31.4 Å². The van der Waals surface area contributed by atoms with Crippen molar-refractivity contribution in [1.82, 2.24) is 5.32 Å². The van der Waals surface area contributed by atoms with Crippen molar-refractivity contribution >= 4 is 17.7 Å². The normalized spacial score (nSPS) is 12.5. The first-order valence-electron chi connectivity index (χ1n) is 5.73. The van der Waals surface area contributed by atoms with Crippen LogP contribution in [0.2, 0.25) is 0 Å². The number of nitrogens with two attached hydrogens (primary N) is 1. The fraction of sp³-hybridized carbons (Fsp3) is 0.909. The molecular weight excluding hydrogens is 208 g/mol. The van der Waals surface area contributed by atoms with Crippen molar-refractivity contribution in [1.29, 1.82) is 0 Å². The van der Waals surface area contributed by atoms with Crippen LogP contribution in [0.4, 0.5) is 0 Å². The maximum atomic E-state index is 11.5. The Morgan fingerprint density at radius 3 is 2.73 bits per heavy atom. The van der Waals surface area contributed by atoms with Gasteiger partial charge in [0.15, 0.2) is 0 Å². The lowest BCUT2D eigenvalue weighted by atomic mass is 10.1. The summed E-state index contributed by atoms with van der Waals surface area (Å²) in [6, 6.07) is 0.173. The van der Waals surface area contributed by atoms with E-state index in [1.807, 2.05) is 0 Å². The zero-order chi connectivity index (χ0) is 11.5. The molecule has 0 aromatic rings. The topological polar surface area (TPSA) is 55.1 Å². The largest absolute Gasteiger partial charge is 0.352 e. The molecule has 0 aromatic carbocycles. The Labute approximate surface area is 97.6 Å². The van der Waals surface area contributed by atoms with Gasteiger partial charge in [-0.1, -0.05) is 19.8 Å². The van der Waals surface area contributed by atoms with Gasteiger partial charge in [-0.2, -0.15) is 11.8 Å². The molecule has 90 valence electrons. The predicted octanol–water partition coefficient (Wildman–Crippen LogP) is 1.76. The molecule has 0 aliphatic heterocycles. The molecule has 0 heterocycles. The van der Waals surface area contributed by atoms with Gasteiger partial charge in [0.1, 0.15) is 0 Å². The monoisotopic (exact) mass is 232 g/mol. The number of nitrogens with one attached hydrogen (secondary N) is 1. The highest BCUT2D eigenvalue weighted by atomic mass is 32.2. The van der Waals surface area contributed by atoms with Crippen LogP contribution in [-0.2, 0) is 4.79 Å². The van der Waals surface area contributed by atoms with Crippen molar-refractivity contribution in [2.75, 3.05) is 18.6 Å². The van der Waals surface area contributed by atoms with E-state index in [1.54, 1.807) is 11.8 Å². The molecule has 4 heteroatoms. The number of hydrogen-bond acceptors (Lipinski definition) is 3. The van der Waals surface area contributed by atoms with Crippen molar-refractivity contribution in [3.63, 3.8) is 0 Å². The van der Waals surface area contributed by atoms with E-state index in [9.17, 15) is 4.79 Å². The molecule has 0 radical (unpaired) electrons. The van der Waals surface area contributed by atoms with Gasteiger partial charge in [-0.15, -0.1) is 0 Å². The molecule has 0 spiro atoms. The lowest BCUT2D eigenvalue weighted by molar-refractivity contribution is -0.121. The fourth-order valence-electron chi connectivity index (χ4n) is 1.38. The molecule has 0 aromatic heterocycles. The number of carbonyl (C=O) groups is 1. The van der Waals surface area contributed by atoms with Gasteiger partial charge >= 0.3 is 0 Å². The second-order valence-corrected chi connectivity index (χ2v) is 4.72. The van der Waals surface area contributed by atoms with Crippen molar-refractivity contribution in [2.45, 2.75) is 45.1 Å². The van der Waals surface area contributed by atoms with Crippen LogP contribution in [0.5, 0.6) is 0 Å². The van der Waals surface area contributed by atoms with Gasteiger partial charge in [-0.25, -0.2) is 0 Å². The van der Waals surface area contributed by atoms with Crippen LogP contribution in [0.25, 0.3) is 0 Å². The lowest BCUT2D eigenvalue weighted by Crippen LogP contribution is -2.40. The molecule has 1 amide bonds.